The van der Waals surface area contributed by atoms with E-state index in [0.717, 1.165) is 17.4 Å². The lowest BCUT2D eigenvalue weighted by Gasteiger charge is -2.23. The summed E-state index contributed by atoms with van der Waals surface area (Å²) in [6.45, 7) is 0. The second-order valence-corrected chi connectivity index (χ2v) is 4.69. The number of phenols is 1. The first-order chi connectivity index (χ1) is 9.50. The molecule has 0 bridgehead atoms. The predicted molar refractivity (Wildman–Crippen MR) is 70.6 cm³/mol. The van der Waals surface area contributed by atoms with E-state index in [0.29, 0.717) is 12.8 Å². The molecule has 0 unspecified atom stereocenters. The molecule has 6 nitrogen and oxygen atoms in total. The average Bonchev–Trinajstić information content (AvgIpc) is 2.38. The van der Waals surface area contributed by atoms with Gasteiger partial charge in [0.2, 0.25) is 11.8 Å². The van der Waals surface area contributed by atoms with Crippen molar-refractivity contribution in [1.29, 1.82) is 0 Å². The molecule has 0 aromatic heterocycles. The van der Waals surface area contributed by atoms with Crippen molar-refractivity contribution in [1.82, 2.24) is 0 Å². The SMILES string of the molecule is O=C(O)c1cc(N2C(=O)CCCCCC2=O)ccc1O. The van der Waals surface area contributed by atoms with Crippen molar-refractivity contribution in [3.8, 4) is 5.75 Å². The summed E-state index contributed by atoms with van der Waals surface area (Å²) >= 11 is 0. The van der Waals surface area contributed by atoms with Crippen LogP contribution in [0.5, 0.6) is 5.75 Å². The summed E-state index contributed by atoms with van der Waals surface area (Å²) < 4.78 is 0. The fourth-order valence-electron chi connectivity index (χ4n) is 2.21. The number of aromatic hydroxyl groups is 1. The van der Waals surface area contributed by atoms with Crippen molar-refractivity contribution < 1.29 is 24.6 Å². The van der Waals surface area contributed by atoms with Gasteiger partial charge in [0, 0.05) is 12.8 Å². The Balaban J connectivity index is 2.41. The summed E-state index contributed by atoms with van der Waals surface area (Å²) in [7, 11) is 0. The number of amides is 2. The van der Waals surface area contributed by atoms with E-state index in [9.17, 15) is 19.5 Å². The van der Waals surface area contributed by atoms with E-state index in [1.807, 2.05) is 0 Å². The van der Waals surface area contributed by atoms with Gasteiger partial charge in [0.15, 0.2) is 0 Å². The van der Waals surface area contributed by atoms with Crippen LogP contribution < -0.4 is 4.90 Å². The highest BCUT2D eigenvalue weighted by molar-refractivity contribution is 6.15. The molecule has 1 fully saturated rings. The molecule has 2 amide bonds. The summed E-state index contributed by atoms with van der Waals surface area (Å²) in [5.74, 6) is -2.38. The molecule has 1 aliphatic rings. The van der Waals surface area contributed by atoms with Crippen LogP contribution in [0.25, 0.3) is 0 Å². The second-order valence-electron chi connectivity index (χ2n) is 4.69. The highest BCUT2D eigenvalue weighted by Crippen LogP contribution is 2.27. The van der Waals surface area contributed by atoms with Gasteiger partial charge < -0.3 is 10.2 Å². The van der Waals surface area contributed by atoms with E-state index in [4.69, 9.17) is 5.11 Å². The zero-order valence-electron chi connectivity index (χ0n) is 10.8. The molecule has 1 aromatic rings. The Hall–Kier alpha value is -2.37. The second kappa shape index (κ2) is 5.73. The third-order valence-corrected chi connectivity index (χ3v) is 3.25. The van der Waals surface area contributed by atoms with Gasteiger partial charge in [-0.15, -0.1) is 0 Å². The highest BCUT2D eigenvalue weighted by atomic mass is 16.4. The van der Waals surface area contributed by atoms with Gasteiger partial charge in [0.25, 0.3) is 0 Å². The van der Waals surface area contributed by atoms with Crippen LogP contribution >= 0.6 is 0 Å². The van der Waals surface area contributed by atoms with Gasteiger partial charge in [0.05, 0.1) is 5.69 Å². The minimum atomic E-state index is -1.31. The highest BCUT2D eigenvalue weighted by Gasteiger charge is 2.25. The summed E-state index contributed by atoms with van der Waals surface area (Å²) in [5, 5.41) is 18.4. The number of hydrogen-bond acceptors (Lipinski definition) is 4. The fraction of sp³-hybridized carbons (Fsp3) is 0.357. The van der Waals surface area contributed by atoms with Gasteiger partial charge in [-0.2, -0.15) is 0 Å². The van der Waals surface area contributed by atoms with E-state index < -0.39 is 11.7 Å². The van der Waals surface area contributed by atoms with Crippen LogP contribution in [0.1, 0.15) is 42.5 Å². The van der Waals surface area contributed by atoms with Crippen LogP contribution in [-0.4, -0.2) is 28.0 Å². The average molecular weight is 277 g/mol. The number of nitrogens with zero attached hydrogens (tertiary/aromatic N) is 1. The number of imide groups is 1. The van der Waals surface area contributed by atoms with Crippen molar-refractivity contribution in [2.24, 2.45) is 0 Å². The zero-order valence-corrected chi connectivity index (χ0v) is 10.8. The van der Waals surface area contributed by atoms with Crippen molar-refractivity contribution in [2.75, 3.05) is 4.90 Å². The standard InChI is InChI=1S/C14H15NO5/c16-11-7-6-9(8-10(11)14(19)20)15-12(17)4-2-1-3-5-13(15)18/h6-8,16H,1-5H2,(H,19,20). The lowest BCUT2D eigenvalue weighted by Crippen LogP contribution is -2.37. The summed E-state index contributed by atoms with van der Waals surface area (Å²) in [6, 6.07) is 3.70. The Morgan fingerprint density at radius 2 is 1.65 bits per heavy atom. The molecule has 2 rings (SSSR count). The molecule has 20 heavy (non-hydrogen) atoms. The number of carbonyl (C=O) groups is 3. The van der Waals surface area contributed by atoms with E-state index in [2.05, 4.69) is 0 Å². The molecule has 1 aliphatic heterocycles. The monoisotopic (exact) mass is 277 g/mol. The van der Waals surface area contributed by atoms with Gasteiger partial charge >= 0.3 is 5.97 Å². The maximum absolute atomic E-state index is 12.0. The Bertz CT molecular complexity index is 549. The lowest BCUT2D eigenvalue weighted by molar-refractivity contribution is -0.127. The molecule has 0 saturated carbocycles. The molecule has 0 spiro atoms. The summed E-state index contributed by atoms with van der Waals surface area (Å²) in [4.78, 5) is 36.1. The van der Waals surface area contributed by atoms with Crippen molar-refractivity contribution in [3.05, 3.63) is 23.8 Å². The Labute approximate surface area is 115 Å². The first-order valence-electron chi connectivity index (χ1n) is 6.43. The van der Waals surface area contributed by atoms with Gasteiger partial charge in [-0.05, 0) is 31.0 Å². The van der Waals surface area contributed by atoms with E-state index in [1.165, 1.54) is 12.1 Å². The molecule has 1 aromatic carbocycles. The van der Waals surface area contributed by atoms with Crippen LogP contribution in [0.4, 0.5) is 5.69 Å². The minimum absolute atomic E-state index is 0.192. The molecule has 0 radical (unpaired) electrons. The summed E-state index contributed by atoms with van der Waals surface area (Å²) in [6.07, 6.45) is 2.78. The maximum Gasteiger partial charge on any atom is 0.339 e. The van der Waals surface area contributed by atoms with E-state index >= 15 is 0 Å². The van der Waals surface area contributed by atoms with E-state index in [-0.39, 0.29) is 35.9 Å². The summed E-state index contributed by atoms with van der Waals surface area (Å²) in [5.41, 5.74) is -0.137. The number of carbonyl (C=O) groups excluding carboxylic acids is 2. The minimum Gasteiger partial charge on any atom is -0.507 e. The van der Waals surface area contributed by atoms with Gasteiger partial charge in [-0.3, -0.25) is 14.5 Å². The fourth-order valence-corrected chi connectivity index (χ4v) is 2.21. The third-order valence-electron chi connectivity index (χ3n) is 3.25. The molecule has 1 saturated heterocycles. The zero-order chi connectivity index (χ0) is 14.7. The molecular weight excluding hydrogens is 262 g/mol. The smallest absolute Gasteiger partial charge is 0.339 e. The number of benzene rings is 1. The van der Waals surface area contributed by atoms with Crippen LogP contribution in [0.3, 0.4) is 0 Å². The molecule has 0 atom stereocenters. The molecule has 1 heterocycles. The number of anilines is 1. The molecule has 106 valence electrons. The van der Waals surface area contributed by atoms with Crippen molar-refractivity contribution in [3.63, 3.8) is 0 Å². The van der Waals surface area contributed by atoms with Gasteiger partial charge in [-0.1, -0.05) is 6.42 Å². The Kier molecular flexibility index (Phi) is 4.02. The molecule has 2 N–H and O–H groups in total. The predicted octanol–water partition coefficient (Wildman–Crippen LogP) is 1.91. The van der Waals surface area contributed by atoms with Crippen LogP contribution in [0.2, 0.25) is 0 Å². The third kappa shape index (κ3) is 2.79. The number of rotatable bonds is 2. The van der Waals surface area contributed by atoms with Crippen LogP contribution in [-0.2, 0) is 9.59 Å². The number of carboxylic acid groups (broad SMARTS) is 1. The van der Waals surface area contributed by atoms with Crippen molar-refractivity contribution >= 4 is 23.5 Å². The van der Waals surface area contributed by atoms with Crippen molar-refractivity contribution in [2.45, 2.75) is 32.1 Å². The van der Waals surface area contributed by atoms with Crippen LogP contribution in [0.15, 0.2) is 18.2 Å². The molecular formula is C14H15NO5. The van der Waals surface area contributed by atoms with E-state index in [1.54, 1.807) is 0 Å². The number of aromatic carboxylic acids is 1. The number of carboxylic acids is 1. The largest absolute Gasteiger partial charge is 0.507 e. The first-order valence-corrected chi connectivity index (χ1v) is 6.43. The van der Waals surface area contributed by atoms with Gasteiger partial charge in [-0.25, -0.2) is 4.79 Å². The molecule has 0 aliphatic carbocycles. The normalized spacial score (nSPS) is 16.7. The van der Waals surface area contributed by atoms with Crippen LogP contribution in [0, 0.1) is 0 Å². The Morgan fingerprint density at radius 3 is 2.20 bits per heavy atom. The Morgan fingerprint density at radius 1 is 1.05 bits per heavy atom. The molecule has 6 heteroatoms. The quantitative estimate of drug-likeness (QED) is 0.805. The first kappa shape index (κ1) is 14.0. The number of hydrogen-bond donors (Lipinski definition) is 2. The lowest BCUT2D eigenvalue weighted by atomic mass is 10.1. The van der Waals surface area contributed by atoms with Gasteiger partial charge in [0.1, 0.15) is 11.3 Å². The maximum atomic E-state index is 12.0. The topological polar surface area (TPSA) is 94.9 Å².